The molecule has 1 saturated heterocycles. The van der Waals surface area contributed by atoms with Gasteiger partial charge in [0.15, 0.2) is 0 Å². The highest BCUT2D eigenvalue weighted by atomic mass is 16.5. The molecule has 2 atom stereocenters. The SMILES string of the molecule is CC=CN1C[C@@H](c2cc[nH]c2)CCC1c1ccc(Oc2ccccc2)cc1. The fourth-order valence-electron chi connectivity index (χ4n) is 3.96. The molecule has 0 amide bonds. The molecule has 0 aliphatic carbocycles. The Balaban J connectivity index is 1.48. The monoisotopic (exact) mass is 358 g/mol. The van der Waals surface area contributed by atoms with Crippen LogP contribution in [0.25, 0.3) is 0 Å². The third kappa shape index (κ3) is 4.08. The molecule has 3 nitrogen and oxygen atoms in total. The smallest absolute Gasteiger partial charge is 0.127 e. The minimum absolute atomic E-state index is 0.419. The number of aromatic nitrogens is 1. The summed E-state index contributed by atoms with van der Waals surface area (Å²) >= 11 is 0. The molecule has 1 N–H and O–H groups in total. The van der Waals surface area contributed by atoms with Crippen molar-refractivity contribution in [2.75, 3.05) is 6.54 Å². The van der Waals surface area contributed by atoms with Gasteiger partial charge in [0, 0.05) is 24.9 Å². The van der Waals surface area contributed by atoms with Crippen molar-refractivity contribution in [2.24, 2.45) is 0 Å². The van der Waals surface area contributed by atoms with E-state index in [-0.39, 0.29) is 0 Å². The lowest BCUT2D eigenvalue weighted by Gasteiger charge is -2.39. The van der Waals surface area contributed by atoms with Crippen molar-refractivity contribution in [3.63, 3.8) is 0 Å². The lowest BCUT2D eigenvalue weighted by Crippen LogP contribution is -2.33. The first kappa shape index (κ1) is 17.5. The van der Waals surface area contributed by atoms with Crippen LogP contribution in [0, 0.1) is 0 Å². The molecule has 0 radical (unpaired) electrons. The van der Waals surface area contributed by atoms with E-state index < -0.39 is 0 Å². The van der Waals surface area contributed by atoms with Crippen LogP contribution in [-0.2, 0) is 0 Å². The molecular weight excluding hydrogens is 332 g/mol. The van der Waals surface area contributed by atoms with Crippen LogP contribution in [0.2, 0.25) is 0 Å². The molecule has 3 heteroatoms. The fraction of sp³-hybridized carbons (Fsp3) is 0.250. The van der Waals surface area contributed by atoms with Gasteiger partial charge in [-0.05, 0) is 67.4 Å². The first-order valence-electron chi connectivity index (χ1n) is 9.67. The maximum Gasteiger partial charge on any atom is 0.127 e. The Kier molecular flexibility index (Phi) is 5.29. The normalized spacial score (nSPS) is 20.1. The standard InChI is InChI=1S/C24H26N2O/c1-2-16-26-18-21(20-14-15-25-17-20)10-13-24(26)19-8-11-23(12-9-19)27-22-6-4-3-5-7-22/h2-9,11-12,14-17,21,24-25H,10,13,18H2,1H3/t21-,24?/m0/s1. The molecule has 2 heterocycles. The van der Waals surface area contributed by atoms with Crippen molar-refractivity contribution in [1.82, 2.24) is 9.88 Å². The van der Waals surface area contributed by atoms with Gasteiger partial charge in [0.05, 0.1) is 6.04 Å². The number of piperidine rings is 1. The van der Waals surface area contributed by atoms with Crippen LogP contribution in [0.3, 0.4) is 0 Å². The quantitative estimate of drug-likeness (QED) is 0.583. The summed E-state index contributed by atoms with van der Waals surface area (Å²) in [6.07, 6.45) is 10.9. The number of nitrogens with one attached hydrogen (secondary N) is 1. The zero-order valence-corrected chi connectivity index (χ0v) is 15.7. The van der Waals surface area contributed by atoms with Crippen molar-refractivity contribution in [3.8, 4) is 11.5 Å². The molecule has 2 aromatic carbocycles. The van der Waals surface area contributed by atoms with Crippen LogP contribution in [0.5, 0.6) is 11.5 Å². The minimum Gasteiger partial charge on any atom is -0.457 e. The Morgan fingerprint density at radius 1 is 0.926 bits per heavy atom. The number of ether oxygens (including phenoxy) is 1. The highest BCUT2D eigenvalue weighted by molar-refractivity contribution is 5.34. The topological polar surface area (TPSA) is 28.3 Å². The van der Waals surface area contributed by atoms with E-state index in [1.807, 2.05) is 36.5 Å². The Morgan fingerprint density at radius 2 is 1.70 bits per heavy atom. The minimum atomic E-state index is 0.419. The summed E-state index contributed by atoms with van der Waals surface area (Å²) in [6.45, 7) is 3.14. The lowest BCUT2D eigenvalue weighted by molar-refractivity contribution is 0.194. The van der Waals surface area contributed by atoms with E-state index in [1.165, 1.54) is 17.5 Å². The van der Waals surface area contributed by atoms with Gasteiger partial charge in [-0.2, -0.15) is 0 Å². The van der Waals surface area contributed by atoms with Gasteiger partial charge in [-0.25, -0.2) is 0 Å². The van der Waals surface area contributed by atoms with E-state index in [1.54, 1.807) is 0 Å². The Hall–Kier alpha value is -2.94. The molecular formula is C24H26N2O. The van der Waals surface area contributed by atoms with E-state index in [2.05, 4.69) is 65.6 Å². The maximum absolute atomic E-state index is 5.93. The number of hydrogen-bond donors (Lipinski definition) is 1. The third-order valence-corrected chi connectivity index (χ3v) is 5.30. The fourth-order valence-corrected chi connectivity index (χ4v) is 3.96. The maximum atomic E-state index is 5.93. The number of H-pyrrole nitrogens is 1. The van der Waals surface area contributed by atoms with Crippen molar-refractivity contribution >= 4 is 0 Å². The van der Waals surface area contributed by atoms with Gasteiger partial charge in [-0.3, -0.25) is 0 Å². The van der Waals surface area contributed by atoms with E-state index in [4.69, 9.17) is 4.74 Å². The summed E-state index contributed by atoms with van der Waals surface area (Å²) in [5.74, 6) is 2.33. The lowest BCUT2D eigenvalue weighted by atomic mass is 9.86. The zero-order valence-electron chi connectivity index (χ0n) is 15.7. The van der Waals surface area contributed by atoms with Crippen LogP contribution in [0.4, 0.5) is 0 Å². The average Bonchev–Trinajstić information content (AvgIpc) is 3.25. The van der Waals surface area contributed by atoms with Gasteiger partial charge in [-0.1, -0.05) is 36.4 Å². The first-order valence-corrected chi connectivity index (χ1v) is 9.67. The van der Waals surface area contributed by atoms with Gasteiger partial charge < -0.3 is 14.6 Å². The first-order chi connectivity index (χ1) is 13.3. The summed E-state index contributed by atoms with van der Waals surface area (Å²) in [4.78, 5) is 5.67. The Bertz CT molecular complexity index is 853. The molecule has 1 aliphatic heterocycles. The van der Waals surface area contributed by atoms with E-state index in [0.29, 0.717) is 12.0 Å². The Labute approximate surface area is 161 Å². The summed E-state index contributed by atoms with van der Waals surface area (Å²) in [6, 6.07) is 21.1. The average molecular weight is 358 g/mol. The van der Waals surface area contributed by atoms with Gasteiger partial charge in [0.1, 0.15) is 11.5 Å². The number of benzene rings is 2. The largest absolute Gasteiger partial charge is 0.457 e. The number of rotatable bonds is 5. The predicted molar refractivity (Wildman–Crippen MR) is 110 cm³/mol. The Morgan fingerprint density at radius 3 is 2.41 bits per heavy atom. The summed E-state index contributed by atoms with van der Waals surface area (Å²) in [7, 11) is 0. The van der Waals surface area contributed by atoms with Crippen molar-refractivity contribution in [3.05, 3.63) is 96.5 Å². The van der Waals surface area contributed by atoms with Gasteiger partial charge in [0.25, 0.3) is 0 Å². The number of aromatic amines is 1. The van der Waals surface area contributed by atoms with Crippen molar-refractivity contribution in [2.45, 2.75) is 31.7 Å². The van der Waals surface area contributed by atoms with Gasteiger partial charge in [0.2, 0.25) is 0 Å². The number of nitrogens with zero attached hydrogens (tertiary/aromatic N) is 1. The van der Waals surface area contributed by atoms with E-state index >= 15 is 0 Å². The second-order valence-corrected chi connectivity index (χ2v) is 7.10. The summed E-state index contributed by atoms with van der Waals surface area (Å²) < 4.78 is 5.93. The number of likely N-dealkylation sites (tertiary alicyclic amines) is 1. The predicted octanol–water partition coefficient (Wildman–Crippen LogP) is 6.26. The summed E-state index contributed by atoms with van der Waals surface area (Å²) in [5.41, 5.74) is 2.76. The molecule has 0 bridgehead atoms. The number of allylic oxidation sites excluding steroid dienone is 1. The second-order valence-electron chi connectivity index (χ2n) is 7.10. The molecule has 1 aromatic heterocycles. The molecule has 0 spiro atoms. The van der Waals surface area contributed by atoms with Crippen LogP contribution in [0.15, 0.2) is 85.3 Å². The van der Waals surface area contributed by atoms with Gasteiger partial charge >= 0.3 is 0 Å². The molecule has 1 aliphatic rings. The van der Waals surface area contributed by atoms with E-state index in [0.717, 1.165) is 24.5 Å². The van der Waals surface area contributed by atoms with Crippen LogP contribution < -0.4 is 4.74 Å². The van der Waals surface area contributed by atoms with Crippen molar-refractivity contribution in [1.29, 1.82) is 0 Å². The van der Waals surface area contributed by atoms with Crippen LogP contribution in [0.1, 0.15) is 42.9 Å². The highest BCUT2D eigenvalue weighted by Crippen LogP contribution is 2.38. The molecule has 3 aromatic rings. The molecule has 4 rings (SSSR count). The molecule has 27 heavy (non-hydrogen) atoms. The van der Waals surface area contributed by atoms with Gasteiger partial charge in [-0.15, -0.1) is 0 Å². The van der Waals surface area contributed by atoms with Crippen molar-refractivity contribution < 1.29 is 4.74 Å². The zero-order chi connectivity index (χ0) is 18.5. The van der Waals surface area contributed by atoms with Crippen LogP contribution in [-0.4, -0.2) is 16.4 Å². The molecule has 1 fully saturated rings. The molecule has 0 saturated carbocycles. The molecule has 138 valence electrons. The highest BCUT2D eigenvalue weighted by Gasteiger charge is 2.28. The van der Waals surface area contributed by atoms with E-state index in [9.17, 15) is 0 Å². The number of hydrogen-bond acceptors (Lipinski definition) is 2. The number of para-hydroxylation sites is 1. The summed E-state index contributed by atoms with van der Waals surface area (Å²) in [5, 5.41) is 0. The second kappa shape index (κ2) is 8.17. The van der Waals surface area contributed by atoms with Crippen LogP contribution >= 0.6 is 0 Å². The molecule has 1 unspecified atom stereocenters. The third-order valence-electron chi connectivity index (χ3n) is 5.30.